The molecule has 0 amide bonds. The highest BCUT2D eigenvalue weighted by Gasteiger charge is 2.54. The van der Waals surface area contributed by atoms with E-state index in [0.29, 0.717) is 12.0 Å². The van der Waals surface area contributed by atoms with Crippen molar-refractivity contribution in [3.63, 3.8) is 0 Å². The van der Waals surface area contributed by atoms with Gasteiger partial charge in [-0.3, -0.25) is 4.90 Å². The first-order valence-electron chi connectivity index (χ1n) is 6.99. The second-order valence-corrected chi connectivity index (χ2v) is 6.24. The maximum Gasteiger partial charge on any atom is 0.118 e. The van der Waals surface area contributed by atoms with E-state index in [1.165, 1.54) is 18.4 Å². The van der Waals surface area contributed by atoms with Gasteiger partial charge in [0.1, 0.15) is 5.75 Å². The summed E-state index contributed by atoms with van der Waals surface area (Å²) < 4.78 is 5.19. The van der Waals surface area contributed by atoms with E-state index in [4.69, 9.17) is 10.5 Å². The summed E-state index contributed by atoms with van der Waals surface area (Å²) in [6, 6.07) is 8.28. The standard InChI is InChI=1S/C16H26N2O/c1-15(9-10-15)16(2,12-17)18(3)11-13-5-7-14(19-4)8-6-13/h5-8H,9-12,17H2,1-4H3. The van der Waals surface area contributed by atoms with Gasteiger partial charge in [0.2, 0.25) is 0 Å². The van der Waals surface area contributed by atoms with Gasteiger partial charge >= 0.3 is 0 Å². The number of methoxy groups -OCH3 is 1. The largest absolute Gasteiger partial charge is 0.497 e. The van der Waals surface area contributed by atoms with Crippen LogP contribution in [0.1, 0.15) is 32.3 Å². The predicted molar refractivity (Wildman–Crippen MR) is 79.3 cm³/mol. The van der Waals surface area contributed by atoms with Gasteiger partial charge in [-0.2, -0.15) is 0 Å². The molecule has 0 saturated heterocycles. The molecule has 106 valence electrons. The summed E-state index contributed by atoms with van der Waals surface area (Å²) in [5.74, 6) is 0.905. The van der Waals surface area contributed by atoms with Gasteiger partial charge in [-0.15, -0.1) is 0 Å². The fraction of sp³-hybridized carbons (Fsp3) is 0.625. The van der Waals surface area contributed by atoms with E-state index < -0.39 is 0 Å². The summed E-state index contributed by atoms with van der Waals surface area (Å²) in [4.78, 5) is 2.40. The lowest BCUT2D eigenvalue weighted by atomic mass is 9.82. The first-order valence-corrected chi connectivity index (χ1v) is 6.99. The molecule has 1 aliphatic carbocycles. The SMILES string of the molecule is COc1ccc(CN(C)C(C)(CN)C2(C)CC2)cc1. The highest BCUT2D eigenvalue weighted by Crippen LogP contribution is 2.55. The topological polar surface area (TPSA) is 38.5 Å². The maximum absolute atomic E-state index is 6.07. The molecule has 1 aliphatic rings. The molecule has 0 aromatic heterocycles. The third-order valence-corrected chi connectivity index (χ3v) is 5.12. The summed E-state index contributed by atoms with van der Waals surface area (Å²) in [7, 11) is 3.88. The van der Waals surface area contributed by atoms with E-state index in [9.17, 15) is 0 Å². The summed E-state index contributed by atoms with van der Waals surface area (Å²) in [6.07, 6.45) is 2.57. The molecule has 1 aromatic rings. The second kappa shape index (κ2) is 5.14. The van der Waals surface area contributed by atoms with Crippen molar-refractivity contribution in [2.45, 2.75) is 38.8 Å². The van der Waals surface area contributed by atoms with Crippen molar-refractivity contribution in [2.24, 2.45) is 11.1 Å². The first kappa shape index (κ1) is 14.4. The van der Waals surface area contributed by atoms with Crippen molar-refractivity contribution in [1.29, 1.82) is 0 Å². The van der Waals surface area contributed by atoms with E-state index in [0.717, 1.165) is 12.3 Å². The molecule has 3 nitrogen and oxygen atoms in total. The Morgan fingerprint density at radius 3 is 2.32 bits per heavy atom. The Morgan fingerprint density at radius 1 is 1.32 bits per heavy atom. The Morgan fingerprint density at radius 2 is 1.89 bits per heavy atom. The van der Waals surface area contributed by atoms with Gasteiger partial charge in [-0.25, -0.2) is 0 Å². The minimum Gasteiger partial charge on any atom is -0.497 e. The molecule has 0 bridgehead atoms. The number of hydrogen-bond donors (Lipinski definition) is 1. The summed E-state index contributed by atoms with van der Waals surface area (Å²) >= 11 is 0. The van der Waals surface area contributed by atoms with Crippen LogP contribution in [-0.4, -0.2) is 31.1 Å². The normalized spacial score (nSPS) is 20.1. The van der Waals surface area contributed by atoms with Crippen LogP contribution in [0.5, 0.6) is 5.75 Å². The van der Waals surface area contributed by atoms with E-state index >= 15 is 0 Å². The Hall–Kier alpha value is -1.06. The summed E-state index contributed by atoms with van der Waals surface area (Å²) in [6.45, 7) is 6.28. The van der Waals surface area contributed by atoms with Gasteiger partial charge in [-0.1, -0.05) is 19.1 Å². The van der Waals surface area contributed by atoms with Crippen molar-refractivity contribution in [3.8, 4) is 5.75 Å². The van der Waals surface area contributed by atoms with Gasteiger partial charge in [0.25, 0.3) is 0 Å². The molecule has 2 N–H and O–H groups in total. The molecule has 2 rings (SSSR count). The van der Waals surface area contributed by atoms with E-state index in [1.54, 1.807) is 7.11 Å². The molecule has 1 aromatic carbocycles. The van der Waals surface area contributed by atoms with Crippen molar-refractivity contribution in [2.75, 3.05) is 20.7 Å². The lowest BCUT2D eigenvalue weighted by Gasteiger charge is -2.43. The summed E-state index contributed by atoms with van der Waals surface area (Å²) in [5.41, 5.74) is 7.82. The average Bonchev–Trinajstić information content (AvgIpc) is 3.18. The molecule has 19 heavy (non-hydrogen) atoms. The number of benzene rings is 1. The van der Waals surface area contributed by atoms with Crippen LogP contribution in [0.2, 0.25) is 0 Å². The first-order chi connectivity index (χ1) is 8.95. The fourth-order valence-electron chi connectivity index (χ4n) is 2.77. The molecule has 3 heteroatoms. The molecule has 0 heterocycles. The molecular formula is C16H26N2O. The second-order valence-electron chi connectivity index (χ2n) is 6.24. The van der Waals surface area contributed by atoms with Gasteiger partial charge in [-0.05, 0) is 49.9 Å². The molecule has 1 fully saturated rings. The number of rotatable bonds is 6. The van der Waals surface area contributed by atoms with Crippen LogP contribution in [0, 0.1) is 5.41 Å². The van der Waals surface area contributed by atoms with Crippen LogP contribution < -0.4 is 10.5 Å². The zero-order valence-corrected chi connectivity index (χ0v) is 12.6. The molecule has 1 unspecified atom stereocenters. The number of likely N-dealkylation sites (N-methyl/N-ethyl adjacent to an activating group) is 1. The molecule has 1 atom stereocenters. The van der Waals surface area contributed by atoms with E-state index in [-0.39, 0.29) is 5.54 Å². The van der Waals surface area contributed by atoms with E-state index in [2.05, 4.69) is 37.9 Å². The Bertz CT molecular complexity index is 425. The Balaban J connectivity index is 2.08. The maximum atomic E-state index is 6.07. The molecule has 0 spiro atoms. The summed E-state index contributed by atoms with van der Waals surface area (Å²) in [5, 5.41) is 0. The zero-order valence-electron chi connectivity index (χ0n) is 12.6. The minimum atomic E-state index is 0.0763. The number of nitrogens with two attached hydrogens (primary N) is 1. The molecule has 1 saturated carbocycles. The van der Waals surface area contributed by atoms with Gasteiger partial charge < -0.3 is 10.5 Å². The Labute approximate surface area is 116 Å². The number of nitrogens with zero attached hydrogens (tertiary/aromatic N) is 1. The number of hydrogen-bond acceptors (Lipinski definition) is 3. The van der Waals surface area contributed by atoms with Crippen molar-refractivity contribution >= 4 is 0 Å². The highest BCUT2D eigenvalue weighted by atomic mass is 16.5. The predicted octanol–water partition coefficient (Wildman–Crippen LogP) is 2.64. The quantitative estimate of drug-likeness (QED) is 0.856. The van der Waals surface area contributed by atoms with Crippen LogP contribution in [0.25, 0.3) is 0 Å². The fourth-order valence-corrected chi connectivity index (χ4v) is 2.77. The molecule has 0 radical (unpaired) electrons. The van der Waals surface area contributed by atoms with Crippen LogP contribution >= 0.6 is 0 Å². The zero-order chi connectivity index (χ0) is 14.1. The smallest absolute Gasteiger partial charge is 0.118 e. The highest BCUT2D eigenvalue weighted by molar-refractivity contribution is 5.27. The van der Waals surface area contributed by atoms with Crippen LogP contribution in [0.3, 0.4) is 0 Å². The van der Waals surface area contributed by atoms with Crippen molar-refractivity contribution in [1.82, 2.24) is 4.90 Å². The minimum absolute atomic E-state index is 0.0763. The van der Waals surface area contributed by atoms with Crippen molar-refractivity contribution < 1.29 is 4.74 Å². The molecular weight excluding hydrogens is 236 g/mol. The molecule has 0 aliphatic heterocycles. The third-order valence-electron chi connectivity index (χ3n) is 5.12. The van der Waals surface area contributed by atoms with Crippen LogP contribution in [0.4, 0.5) is 0 Å². The lowest BCUT2D eigenvalue weighted by Crippen LogP contribution is -2.55. The van der Waals surface area contributed by atoms with Crippen molar-refractivity contribution in [3.05, 3.63) is 29.8 Å². The number of ether oxygens (including phenoxy) is 1. The van der Waals surface area contributed by atoms with E-state index in [1.807, 2.05) is 12.1 Å². The average molecular weight is 262 g/mol. The van der Waals surface area contributed by atoms with Gasteiger partial charge in [0.15, 0.2) is 0 Å². The monoisotopic (exact) mass is 262 g/mol. The third kappa shape index (κ3) is 2.63. The van der Waals surface area contributed by atoms with Crippen LogP contribution in [-0.2, 0) is 6.54 Å². The Kier molecular flexibility index (Phi) is 3.88. The van der Waals surface area contributed by atoms with Crippen LogP contribution in [0.15, 0.2) is 24.3 Å². The lowest BCUT2D eigenvalue weighted by molar-refractivity contribution is 0.0659. The van der Waals surface area contributed by atoms with Gasteiger partial charge in [0.05, 0.1) is 7.11 Å². The van der Waals surface area contributed by atoms with Gasteiger partial charge in [0, 0.05) is 18.6 Å².